The molecule has 3 N–H and O–H groups in total. The summed E-state index contributed by atoms with van der Waals surface area (Å²) in [6, 6.07) is 5.45. The minimum atomic E-state index is -0.830. The fourth-order valence-corrected chi connectivity index (χ4v) is 2.84. The molecule has 1 aliphatic rings. The lowest BCUT2D eigenvalue weighted by molar-refractivity contribution is 0.328. The summed E-state index contributed by atoms with van der Waals surface area (Å²) in [6.45, 7) is 0.378. The molecule has 0 saturated carbocycles. The van der Waals surface area contributed by atoms with E-state index in [2.05, 4.69) is 15.0 Å². The van der Waals surface area contributed by atoms with Crippen molar-refractivity contribution in [2.45, 2.75) is 25.2 Å². The summed E-state index contributed by atoms with van der Waals surface area (Å²) in [5.41, 5.74) is 9.58. The van der Waals surface area contributed by atoms with E-state index in [1.165, 1.54) is 0 Å². The highest BCUT2D eigenvalue weighted by Gasteiger charge is 2.28. The Hall–Kier alpha value is -2.21. The molecule has 3 aromatic heterocycles. The Kier molecular flexibility index (Phi) is 2.40. The lowest BCUT2D eigenvalue weighted by Crippen LogP contribution is -2.15. The minimum Gasteiger partial charge on any atom is -0.341 e. The first-order valence-corrected chi connectivity index (χ1v) is 6.59. The number of pyridine rings is 1. The van der Waals surface area contributed by atoms with Crippen LogP contribution in [0.1, 0.15) is 23.1 Å². The van der Waals surface area contributed by atoms with E-state index in [-0.39, 0.29) is 6.04 Å². The molecular formula is C14H14FN5. The van der Waals surface area contributed by atoms with E-state index < -0.39 is 6.17 Å². The Morgan fingerprint density at radius 1 is 1.45 bits per heavy atom. The molecule has 0 aromatic carbocycles. The van der Waals surface area contributed by atoms with Crippen LogP contribution in [-0.2, 0) is 13.0 Å². The maximum Gasteiger partial charge on any atom is 0.137 e. The molecule has 0 saturated heterocycles. The van der Waals surface area contributed by atoms with Gasteiger partial charge in [-0.2, -0.15) is 0 Å². The largest absolute Gasteiger partial charge is 0.341 e. The second-order valence-electron chi connectivity index (χ2n) is 5.17. The molecule has 1 unspecified atom stereocenters. The summed E-state index contributed by atoms with van der Waals surface area (Å²) in [6.07, 6.45) is 2.96. The van der Waals surface area contributed by atoms with Gasteiger partial charge in [0.05, 0.1) is 24.6 Å². The topological polar surface area (TPSA) is 72.5 Å². The average Bonchev–Trinajstić information content (AvgIpc) is 3.10. The molecule has 0 amide bonds. The Balaban J connectivity index is 1.75. The van der Waals surface area contributed by atoms with E-state index in [4.69, 9.17) is 5.73 Å². The zero-order chi connectivity index (χ0) is 13.7. The molecule has 6 heteroatoms. The maximum absolute atomic E-state index is 13.5. The van der Waals surface area contributed by atoms with Crippen LogP contribution in [0.4, 0.5) is 4.39 Å². The van der Waals surface area contributed by atoms with Crippen molar-refractivity contribution in [3.8, 4) is 0 Å². The molecule has 0 aliphatic carbocycles. The summed E-state index contributed by atoms with van der Waals surface area (Å²) >= 11 is 0. The van der Waals surface area contributed by atoms with E-state index in [1.54, 1.807) is 12.5 Å². The Bertz CT molecular complexity index is 742. The fraction of sp³-hybridized carbons (Fsp3) is 0.286. The Morgan fingerprint density at radius 3 is 3.20 bits per heavy atom. The van der Waals surface area contributed by atoms with Crippen LogP contribution in [0, 0.1) is 0 Å². The summed E-state index contributed by atoms with van der Waals surface area (Å²) in [5.74, 6) is 0. The van der Waals surface area contributed by atoms with Crippen molar-refractivity contribution in [3.05, 3.63) is 47.8 Å². The van der Waals surface area contributed by atoms with E-state index >= 15 is 0 Å². The zero-order valence-corrected chi connectivity index (χ0v) is 10.8. The standard InChI is InChI=1S/C14H14FN5/c15-9-5-11-13(18-7-20(11)6-9)12(16)10-4-8-2-1-3-17-14(8)19-10/h1-4,7,9,12H,5-6,16H2,(H,17,19)/t9-,12?/m1/s1. The van der Waals surface area contributed by atoms with Gasteiger partial charge in [0.25, 0.3) is 0 Å². The van der Waals surface area contributed by atoms with Crippen molar-refractivity contribution < 1.29 is 4.39 Å². The predicted molar refractivity (Wildman–Crippen MR) is 73.0 cm³/mol. The predicted octanol–water partition coefficient (Wildman–Crippen LogP) is 1.70. The first kappa shape index (κ1) is 11.6. The first-order valence-electron chi connectivity index (χ1n) is 6.59. The third kappa shape index (κ3) is 1.65. The van der Waals surface area contributed by atoms with E-state index in [9.17, 15) is 4.39 Å². The van der Waals surface area contributed by atoms with E-state index in [1.807, 2.05) is 22.8 Å². The highest BCUT2D eigenvalue weighted by atomic mass is 19.1. The minimum absolute atomic E-state index is 0.378. The number of hydrogen-bond acceptors (Lipinski definition) is 3. The summed E-state index contributed by atoms with van der Waals surface area (Å²) in [4.78, 5) is 11.8. The Labute approximate surface area is 114 Å². The quantitative estimate of drug-likeness (QED) is 0.745. The number of rotatable bonds is 2. The third-order valence-corrected chi connectivity index (χ3v) is 3.83. The van der Waals surface area contributed by atoms with Gasteiger partial charge >= 0.3 is 0 Å². The first-order chi connectivity index (χ1) is 9.72. The smallest absolute Gasteiger partial charge is 0.137 e. The van der Waals surface area contributed by atoms with E-state index in [0.717, 1.165) is 28.1 Å². The molecule has 4 heterocycles. The molecule has 20 heavy (non-hydrogen) atoms. The lowest BCUT2D eigenvalue weighted by Gasteiger charge is -2.08. The molecule has 1 aliphatic heterocycles. The second-order valence-corrected chi connectivity index (χ2v) is 5.17. The van der Waals surface area contributed by atoms with Crippen molar-refractivity contribution in [2.24, 2.45) is 5.73 Å². The third-order valence-electron chi connectivity index (χ3n) is 3.83. The average molecular weight is 271 g/mol. The van der Waals surface area contributed by atoms with Gasteiger partial charge in [-0.3, -0.25) is 0 Å². The number of H-pyrrole nitrogens is 1. The highest BCUT2D eigenvalue weighted by Crippen LogP contribution is 2.28. The van der Waals surface area contributed by atoms with Crippen LogP contribution in [0.25, 0.3) is 11.0 Å². The van der Waals surface area contributed by atoms with Crippen molar-refractivity contribution in [3.63, 3.8) is 0 Å². The summed E-state index contributed by atoms with van der Waals surface area (Å²) in [7, 11) is 0. The fourth-order valence-electron chi connectivity index (χ4n) is 2.84. The number of nitrogens with one attached hydrogen (secondary N) is 1. The number of fused-ring (bicyclic) bond motifs is 2. The molecular weight excluding hydrogens is 257 g/mol. The SMILES string of the molecule is NC(c1cc2cccnc2[nH]1)c1ncn2c1C[C@@H](F)C2. The molecule has 102 valence electrons. The number of aromatic amines is 1. The number of nitrogens with zero attached hydrogens (tertiary/aromatic N) is 3. The molecule has 5 nitrogen and oxygen atoms in total. The molecule has 3 aromatic rings. The normalized spacial score (nSPS) is 19.4. The van der Waals surface area contributed by atoms with Crippen LogP contribution < -0.4 is 5.73 Å². The van der Waals surface area contributed by atoms with Gasteiger partial charge < -0.3 is 15.3 Å². The lowest BCUT2D eigenvalue weighted by atomic mass is 10.1. The number of halogens is 1. The molecule has 0 bridgehead atoms. The summed E-state index contributed by atoms with van der Waals surface area (Å²) in [5, 5.41) is 1.01. The summed E-state index contributed by atoms with van der Waals surface area (Å²) < 4.78 is 15.3. The van der Waals surface area contributed by atoms with Crippen molar-refractivity contribution in [1.82, 2.24) is 19.5 Å². The van der Waals surface area contributed by atoms with Gasteiger partial charge in [0.2, 0.25) is 0 Å². The molecule has 0 fully saturated rings. The van der Waals surface area contributed by atoms with Gasteiger partial charge in [-0.25, -0.2) is 14.4 Å². The van der Waals surface area contributed by atoms with Crippen LogP contribution in [-0.4, -0.2) is 25.7 Å². The Morgan fingerprint density at radius 2 is 2.35 bits per heavy atom. The maximum atomic E-state index is 13.5. The van der Waals surface area contributed by atoms with Crippen LogP contribution in [0.3, 0.4) is 0 Å². The second kappa shape index (κ2) is 4.14. The van der Waals surface area contributed by atoms with Crippen molar-refractivity contribution in [2.75, 3.05) is 0 Å². The molecule has 2 atom stereocenters. The van der Waals surface area contributed by atoms with Gasteiger partial charge in [-0.05, 0) is 18.2 Å². The monoisotopic (exact) mass is 271 g/mol. The van der Waals surface area contributed by atoms with Crippen LogP contribution in [0.5, 0.6) is 0 Å². The molecule has 0 spiro atoms. The molecule has 4 rings (SSSR count). The van der Waals surface area contributed by atoms with Crippen molar-refractivity contribution >= 4 is 11.0 Å². The number of hydrogen-bond donors (Lipinski definition) is 2. The van der Waals surface area contributed by atoms with Gasteiger partial charge in [-0.1, -0.05) is 0 Å². The zero-order valence-electron chi connectivity index (χ0n) is 10.8. The van der Waals surface area contributed by atoms with Crippen LogP contribution in [0.15, 0.2) is 30.7 Å². The number of alkyl halides is 1. The highest BCUT2D eigenvalue weighted by molar-refractivity contribution is 5.76. The van der Waals surface area contributed by atoms with Gasteiger partial charge in [0.15, 0.2) is 0 Å². The van der Waals surface area contributed by atoms with Crippen LogP contribution in [0.2, 0.25) is 0 Å². The number of imidazole rings is 1. The van der Waals surface area contributed by atoms with Crippen molar-refractivity contribution in [1.29, 1.82) is 0 Å². The number of aromatic nitrogens is 4. The number of nitrogens with two attached hydrogens (primary N) is 1. The van der Waals surface area contributed by atoms with E-state index in [0.29, 0.717) is 13.0 Å². The molecule has 0 radical (unpaired) electrons. The van der Waals surface area contributed by atoms with Gasteiger partial charge in [0, 0.05) is 29.4 Å². The van der Waals surface area contributed by atoms with Gasteiger partial charge in [0.1, 0.15) is 11.8 Å². The van der Waals surface area contributed by atoms with Gasteiger partial charge in [-0.15, -0.1) is 0 Å². The van der Waals surface area contributed by atoms with Crippen LogP contribution >= 0.6 is 0 Å².